The second-order valence-corrected chi connectivity index (χ2v) is 16.0. The van der Waals surface area contributed by atoms with Gasteiger partial charge in [-0.15, -0.1) is 0 Å². The number of phenolic OH excluding ortho intramolecular Hbond substituents is 5. The molecule has 6 aromatic carbocycles. The monoisotopic (exact) mass is 770 g/mol. The first-order valence-corrected chi connectivity index (χ1v) is 19.4. The number of hydrogen-bond donors (Lipinski definition) is 7. The van der Waals surface area contributed by atoms with E-state index < -0.39 is 0 Å². The van der Waals surface area contributed by atoms with Gasteiger partial charge in [-0.3, -0.25) is 0 Å². The van der Waals surface area contributed by atoms with Crippen LogP contribution >= 0.6 is 0 Å². The van der Waals surface area contributed by atoms with E-state index in [0.29, 0.717) is 79.5 Å². The lowest BCUT2D eigenvalue weighted by Gasteiger charge is -2.33. The van der Waals surface area contributed by atoms with Crippen LogP contribution in [0.1, 0.15) is 73.2 Å². The zero-order valence-corrected chi connectivity index (χ0v) is 33.8. The molecule has 0 spiro atoms. The van der Waals surface area contributed by atoms with Crippen LogP contribution in [0.2, 0.25) is 0 Å². The van der Waals surface area contributed by atoms with Gasteiger partial charge in [-0.25, -0.2) is 0 Å². The molecule has 10 nitrogen and oxygen atoms in total. The second-order valence-electron chi connectivity index (χ2n) is 16.0. The van der Waals surface area contributed by atoms with Crippen molar-refractivity contribution in [1.82, 2.24) is 10.6 Å². The summed E-state index contributed by atoms with van der Waals surface area (Å²) in [5.74, 6) is 1.03. The maximum atomic E-state index is 12.5. The molecule has 2 heterocycles. The quantitative estimate of drug-likeness (QED) is 0.0872. The van der Waals surface area contributed by atoms with Crippen molar-refractivity contribution in [2.75, 3.05) is 21.3 Å². The summed E-state index contributed by atoms with van der Waals surface area (Å²) >= 11 is 0. The Hall–Kier alpha value is -5.84. The van der Waals surface area contributed by atoms with E-state index >= 15 is 0 Å². The van der Waals surface area contributed by atoms with Crippen LogP contribution in [0.3, 0.4) is 0 Å². The molecule has 6 aromatic rings. The first-order chi connectivity index (χ1) is 27.2. The van der Waals surface area contributed by atoms with Gasteiger partial charge in [0.05, 0.1) is 32.1 Å². The Morgan fingerprint density at radius 1 is 0.491 bits per heavy atom. The van der Waals surface area contributed by atoms with E-state index in [9.17, 15) is 25.5 Å². The van der Waals surface area contributed by atoms with Crippen molar-refractivity contribution in [2.24, 2.45) is 0 Å². The van der Waals surface area contributed by atoms with E-state index in [1.165, 1.54) is 6.07 Å². The highest BCUT2D eigenvalue weighted by Gasteiger charge is 2.34. The summed E-state index contributed by atoms with van der Waals surface area (Å²) < 4.78 is 17.7. The summed E-state index contributed by atoms with van der Waals surface area (Å²) in [5.41, 5.74) is 7.98. The van der Waals surface area contributed by atoms with E-state index in [0.717, 1.165) is 27.8 Å². The van der Waals surface area contributed by atoms with Gasteiger partial charge in [0.15, 0.2) is 0 Å². The molecule has 2 aliphatic rings. The highest BCUT2D eigenvalue weighted by molar-refractivity contribution is 6.13. The highest BCUT2D eigenvalue weighted by Crippen LogP contribution is 2.56. The molecular weight excluding hydrogens is 721 g/mol. The third-order valence-corrected chi connectivity index (χ3v) is 11.9. The van der Waals surface area contributed by atoms with E-state index in [1.54, 1.807) is 33.5 Å². The number of aryl methyl sites for hydroxylation is 2. The molecule has 57 heavy (non-hydrogen) atoms. The number of hydrogen-bond acceptors (Lipinski definition) is 10. The van der Waals surface area contributed by atoms with Gasteiger partial charge in [0.25, 0.3) is 0 Å². The zero-order valence-electron chi connectivity index (χ0n) is 33.8. The van der Waals surface area contributed by atoms with Gasteiger partial charge in [-0.1, -0.05) is 12.1 Å². The molecule has 0 amide bonds. The van der Waals surface area contributed by atoms with Crippen molar-refractivity contribution in [1.29, 1.82) is 0 Å². The average molecular weight is 771 g/mol. The summed E-state index contributed by atoms with van der Waals surface area (Å²) in [5, 5.41) is 69.2. The molecule has 10 heteroatoms. The van der Waals surface area contributed by atoms with Crippen LogP contribution in [0.15, 0.2) is 48.5 Å². The van der Waals surface area contributed by atoms with Gasteiger partial charge in [0.2, 0.25) is 0 Å². The predicted octanol–water partition coefficient (Wildman–Crippen LogP) is 9.36. The van der Waals surface area contributed by atoms with E-state index in [2.05, 4.69) is 31.4 Å². The summed E-state index contributed by atoms with van der Waals surface area (Å²) in [6.07, 6.45) is 1.12. The minimum atomic E-state index is -0.200. The smallest absolute Gasteiger partial charge is 0.135 e. The van der Waals surface area contributed by atoms with Crippen LogP contribution in [0.4, 0.5) is 0 Å². The first kappa shape index (κ1) is 38.1. The van der Waals surface area contributed by atoms with Crippen molar-refractivity contribution < 1.29 is 39.7 Å². The molecule has 0 aromatic heterocycles. The van der Waals surface area contributed by atoms with Gasteiger partial charge in [0, 0.05) is 69.7 Å². The zero-order chi connectivity index (χ0) is 40.8. The fraction of sp³-hybridized carbons (Fsp3) is 0.319. The predicted molar refractivity (Wildman–Crippen MR) is 225 cm³/mol. The Morgan fingerprint density at radius 2 is 0.912 bits per heavy atom. The second kappa shape index (κ2) is 14.0. The lowest BCUT2D eigenvalue weighted by molar-refractivity contribution is 0.377. The third kappa shape index (κ3) is 5.92. The number of aromatic hydroxyl groups is 5. The molecule has 0 saturated heterocycles. The van der Waals surface area contributed by atoms with Crippen LogP contribution in [0, 0.1) is 13.8 Å². The van der Waals surface area contributed by atoms with Gasteiger partial charge in [0.1, 0.15) is 46.0 Å². The van der Waals surface area contributed by atoms with Gasteiger partial charge < -0.3 is 50.4 Å². The summed E-state index contributed by atoms with van der Waals surface area (Å²) in [6.45, 7) is 12.1. The molecule has 7 N–H and O–H groups in total. The molecule has 0 bridgehead atoms. The maximum absolute atomic E-state index is 12.5. The number of methoxy groups -OCH3 is 3. The Balaban J connectivity index is 1.55. The molecule has 0 radical (unpaired) electrons. The molecule has 1 unspecified atom stereocenters. The van der Waals surface area contributed by atoms with E-state index in [4.69, 9.17) is 14.2 Å². The van der Waals surface area contributed by atoms with Gasteiger partial charge in [-0.2, -0.15) is 0 Å². The van der Waals surface area contributed by atoms with E-state index in [1.807, 2.05) is 51.1 Å². The molecule has 8 rings (SSSR count). The van der Waals surface area contributed by atoms with Crippen LogP contribution in [0.25, 0.3) is 54.9 Å². The highest BCUT2D eigenvalue weighted by atomic mass is 16.5. The van der Waals surface area contributed by atoms with Crippen molar-refractivity contribution in [3.63, 3.8) is 0 Å². The lowest BCUT2D eigenvalue weighted by Crippen LogP contribution is -2.36. The van der Waals surface area contributed by atoms with Crippen molar-refractivity contribution in [3.05, 3.63) is 81.9 Å². The lowest BCUT2D eigenvalue weighted by atomic mass is 9.80. The molecule has 0 aliphatic carbocycles. The third-order valence-electron chi connectivity index (χ3n) is 11.9. The van der Waals surface area contributed by atoms with E-state index in [-0.39, 0.29) is 64.0 Å². The van der Waals surface area contributed by atoms with Crippen LogP contribution in [-0.4, -0.2) is 58.9 Å². The fourth-order valence-corrected chi connectivity index (χ4v) is 9.75. The number of benzene rings is 6. The standard InChI is InChI=1S/C47H50N2O8/c1-20-10-26-28(42-32-14-22(3)48-24(5)40(32)34(50)18-35(42)51)16-30(46(53)44(26)37(12-20)55-7)31-17-29(27-11-21(2)13-38(56-8)45(27)47(31)54)43-33-15-23(4)49-25(6)41(33)39(57-9)19-36(43)52/h10-13,16-19,22-25,48-54H,14-15H2,1-9H3/t22-,23-,24-,25?/m1/s1. The Morgan fingerprint density at radius 3 is 1.37 bits per heavy atom. The first-order valence-electron chi connectivity index (χ1n) is 19.4. The number of rotatable bonds is 6. The van der Waals surface area contributed by atoms with Crippen molar-refractivity contribution in [3.8, 4) is 79.4 Å². The topological polar surface area (TPSA) is 153 Å². The molecule has 4 atom stereocenters. The Labute approximate surface area is 332 Å². The minimum Gasteiger partial charge on any atom is -0.507 e. The molecule has 0 fully saturated rings. The molecular formula is C47H50N2O8. The largest absolute Gasteiger partial charge is 0.507 e. The Kier molecular flexibility index (Phi) is 9.32. The minimum absolute atomic E-state index is 0.00381. The van der Waals surface area contributed by atoms with Crippen LogP contribution < -0.4 is 24.8 Å². The molecule has 0 saturated carbocycles. The van der Waals surface area contributed by atoms with Crippen LogP contribution in [-0.2, 0) is 12.8 Å². The number of ether oxygens (including phenoxy) is 3. The van der Waals surface area contributed by atoms with Crippen molar-refractivity contribution in [2.45, 2.75) is 78.6 Å². The average Bonchev–Trinajstić information content (AvgIpc) is 3.14. The number of phenols is 5. The van der Waals surface area contributed by atoms with Crippen molar-refractivity contribution >= 4 is 21.5 Å². The van der Waals surface area contributed by atoms with Gasteiger partial charge >= 0.3 is 0 Å². The normalized spacial score (nSPS) is 19.0. The van der Waals surface area contributed by atoms with Gasteiger partial charge in [-0.05, 0) is 123 Å². The SMILES string of the molecule is COc1cc(O)c(-c2cc(-c3cc(-c4c(O)cc(O)c5c4C[C@@H](C)N[C@@H]5C)c4cc(C)cc(OC)c4c3O)c(O)c3c(OC)cc(C)cc23)c2c1C(C)N[C@H](C)C2. The summed E-state index contributed by atoms with van der Waals surface area (Å²) in [4.78, 5) is 0. The summed E-state index contributed by atoms with van der Waals surface area (Å²) in [6, 6.07) is 14.1. The number of nitrogens with one attached hydrogen (secondary N) is 2. The molecule has 296 valence electrons. The maximum Gasteiger partial charge on any atom is 0.135 e. The van der Waals surface area contributed by atoms with Crippen LogP contribution in [0.5, 0.6) is 46.0 Å². The fourth-order valence-electron chi connectivity index (χ4n) is 9.75. The summed E-state index contributed by atoms with van der Waals surface area (Å²) in [7, 11) is 4.69. The number of fused-ring (bicyclic) bond motifs is 4. The molecule has 2 aliphatic heterocycles. The Bertz CT molecular complexity index is 2650.